The SMILES string of the molecule is CCCCN(C(=O)C(CC(C)C)NC(=O)OC(C)(C)C)C(C(=O)NCCC(=O)OCC)c1ccccc1C. The molecule has 0 radical (unpaired) electrons. The van der Waals surface area contributed by atoms with Crippen molar-refractivity contribution in [2.75, 3.05) is 19.7 Å². The van der Waals surface area contributed by atoms with Gasteiger partial charge in [0, 0.05) is 13.1 Å². The predicted molar refractivity (Wildman–Crippen MR) is 147 cm³/mol. The molecule has 0 aromatic heterocycles. The smallest absolute Gasteiger partial charge is 0.408 e. The van der Waals surface area contributed by atoms with Crippen molar-refractivity contribution in [3.05, 3.63) is 35.4 Å². The number of esters is 1. The van der Waals surface area contributed by atoms with Gasteiger partial charge in [-0.1, -0.05) is 51.5 Å². The van der Waals surface area contributed by atoms with Crippen LogP contribution in [0.5, 0.6) is 0 Å². The van der Waals surface area contributed by atoms with Crippen LogP contribution in [0.3, 0.4) is 0 Å². The Morgan fingerprint density at radius 2 is 1.71 bits per heavy atom. The molecule has 0 spiro atoms. The average molecular weight is 534 g/mol. The van der Waals surface area contributed by atoms with Crippen molar-refractivity contribution in [2.24, 2.45) is 5.92 Å². The van der Waals surface area contributed by atoms with E-state index in [9.17, 15) is 19.2 Å². The number of hydrogen-bond donors (Lipinski definition) is 2. The van der Waals surface area contributed by atoms with E-state index in [1.165, 1.54) is 0 Å². The largest absolute Gasteiger partial charge is 0.466 e. The number of ether oxygens (including phenoxy) is 2. The number of amides is 3. The summed E-state index contributed by atoms with van der Waals surface area (Å²) in [6, 6.07) is 5.61. The van der Waals surface area contributed by atoms with Crippen molar-refractivity contribution >= 4 is 23.9 Å². The number of rotatable bonds is 14. The predicted octanol–water partition coefficient (Wildman–Crippen LogP) is 4.67. The van der Waals surface area contributed by atoms with E-state index >= 15 is 0 Å². The molecule has 0 aliphatic heterocycles. The molecule has 0 saturated heterocycles. The van der Waals surface area contributed by atoms with E-state index in [4.69, 9.17) is 9.47 Å². The highest BCUT2D eigenvalue weighted by molar-refractivity contribution is 5.92. The molecular formula is C29H47N3O6. The molecule has 1 aromatic carbocycles. The Morgan fingerprint density at radius 1 is 1.05 bits per heavy atom. The molecule has 3 amide bonds. The van der Waals surface area contributed by atoms with Gasteiger partial charge in [0.05, 0.1) is 13.0 Å². The molecule has 38 heavy (non-hydrogen) atoms. The van der Waals surface area contributed by atoms with Crippen molar-refractivity contribution in [2.45, 2.75) is 98.8 Å². The second-order valence-corrected chi connectivity index (χ2v) is 10.8. The summed E-state index contributed by atoms with van der Waals surface area (Å²) in [5.41, 5.74) is 0.818. The second kappa shape index (κ2) is 16.0. The normalized spacial score (nSPS) is 12.9. The fourth-order valence-electron chi connectivity index (χ4n) is 4.00. The van der Waals surface area contributed by atoms with Gasteiger partial charge in [-0.25, -0.2) is 4.79 Å². The zero-order valence-electron chi connectivity index (χ0n) is 24.4. The van der Waals surface area contributed by atoms with Crippen LogP contribution in [0.25, 0.3) is 0 Å². The lowest BCUT2D eigenvalue weighted by molar-refractivity contribution is -0.144. The molecule has 1 rings (SSSR count). The van der Waals surface area contributed by atoms with Gasteiger partial charge in [-0.2, -0.15) is 0 Å². The minimum Gasteiger partial charge on any atom is -0.466 e. The summed E-state index contributed by atoms with van der Waals surface area (Å²) < 4.78 is 10.4. The van der Waals surface area contributed by atoms with Crippen LogP contribution in [-0.4, -0.2) is 60.1 Å². The number of unbranched alkanes of at least 4 members (excludes halogenated alkanes) is 1. The number of alkyl carbamates (subject to hydrolysis) is 1. The van der Waals surface area contributed by atoms with E-state index < -0.39 is 35.7 Å². The Morgan fingerprint density at radius 3 is 2.26 bits per heavy atom. The molecule has 9 nitrogen and oxygen atoms in total. The first-order chi connectivity index (χ1) is 17.8. The summed E-state index contributed by atoms with van der Waals surface area (Å²) in [6.45, 7) is 15.5. The Kier molecular flexibility index (Phi) is 13.9. The fourth-order valence-corrected chi connectivity index (χ4v) is 4.00. The summed E-state index contributed by atoms with van der Waals surface area (Å²) in [6.07, 6.45) is 1.21. The van der Waals surface area contributed by atoms with Crippen LogP contribution in [0.1, 0.15) is 91.3 Å². The Bertz CT molecular complexity index is 925. The van der Waals surface area contributed by atoms with E-state index in [0.717, 1.165) is 12.0 Å². The number of aryl methyl sites for hydroxylation is 1. The van der Waals surface area contributed by atoms with Crippen molar-refractivity contribution in [1.29, 1.82) is 0 Å². The van der Waals surface area contributed by atoms with Gasteiger partial charge in [0.15, 0.2) is 0 Å². The lowest BCUT2D eigenvalue weighted by atomic mass is 9.96. The molecular weight excluding hydrogens is 486 g/mol. The Balaban J connectivity index is 3.40. The third-order valence-electron chi connectivity index (χ3n) is 5.71. The van der Waals surface area contributed by atoms with E-state index in [2.05, 4.69) is 10.6 Å². The highest BCUT2D eigenvalue weighted by atomic mass is 16.6. The molecule has 2 atom stereocenters. The highest BCUT2D eigenvalue weighted by Crippen LogP contribution is 2.27. The standard InChI is InChI=1S/C29H47N3O6/c1-9-11-18-32(27(35)23(19-20(3)4)31-28(36)38-29(6,7)8)25(22-15-13-12-14-21(22)5)26(34)30-17-16-24(33)37-10-2/h12-15,20,23,25H,9-11,16-19H2,1-8H3,(H,30,34)(H,31,36). The monoisotopic (exact) mass is 533 g/mol. The zero-order chi connectivity index (χ0) is 28.9. The van der Waals surface area contributed by atoms with Crippen LogP contribution in [0.15, 0.2) is 24.3 Å². The summed E-state index contributed by atoms with van der Waals surface area (Å²) >= 11 is 0. The third kappa shape index (κ3) is 11.5. The van der Waals surface area contributed by atoms with E-state index in [1.54, 1.807) is 32.6 Å². The van der Waals surface area contributed by atoms with Gasteiger partial charge < -0.3 is 25.0 Å². The maximum absolute atomic E-state index is 14.1. The maximum Gasteiger partial charge on any atom is 0.408 e. The van der Waals surface area contributed by atoms with Crippen LogP contribution in [0.2, 0.25) is 0 Å². The quantitative estimate of drug-likeness (QED) is 0.336. The average Bonchev–Trinajstić information content (AvgIpc) is 2.80. The summed E-state index contributed by atoms with van der Waals surface area (Å²) in [5.74, 6) is -1.06. The van der Waals surface area contributed by atoms with E-state index in [-0.39, 0.29) is 31.4 Å². The van der Waals surface area contributed by atoms with Crippen LogP contribution >= 0.6 is 0 Å². The Labute approximate surface area is 228 Å². The first-order valence-corrected chi connectivity index (χ1v) is 13.6. The molecule has 2 N–H and O–H groups in total. The van der Waals surface area contributed by atoms with Gasteiger partial charge in [0.2, 0.25) is 11.8 Å². The van der Waals surface area contributed by atoms with Gasteiger partial charge in [-0.15, -0.1) is 0 Å². The van der Waals surface area contributed by atoms with E-state index in [1.807, 2.05) is 52.0 Å². The fraction of sp³-hybridized carbons (Fsp3) is 0.655. The number of nitrogens with one attached hydrogen (secondary N) is 2. The Hall–Kier alpha value is -3.10. The van der Waals surface area contributed by atoms with Gasteiger partial charge in [-0.3, -0.25) is 14.4 Å². The summed E-state index contributed by atoms with van der Waals surface area (Å²) in [5, 5.41) is 5.56. The van der Waals surface area contributed by atoms with Crippen LogP contribution in [0.4, 0.5) is 4.79 Å². The minimum atomic E-state index is -0.937. The first kappa shape index (κ1) is 32.9. The van der Waals surface area contributed by atoms with Crippen molar-refractivity contribution in [3.8, 4) is 0 Å². The van der Waals surface area contributed by atoms with Gasteiger partial charge in [0.25, 0.3) is 0 Å². The van der Waals surface area contributed by atoms with Gasteiger partial charge in [-0.05, 0) is 64.5 Å². The minimum absolute atomic E-state index is 0.0269. The number of carbonyl (C=O) groups excluding carboxylic acids is 4. The number of hydrogen-bond acceptors (Lipinski definition) is 6. The first-order valence-electron chi connectivity index (χ1n) is 13.6. The summed E-state index contributed by atoms with van der Waals surface area (Å²) in [7, 11) is 0. The second-order valence-electron chi connectivity index (χ2n) is 10.8. The van der Waals surface area contributed by atoms with Crippen molar-refractivity contribution in [1.82, 2.24) is 15.5 Å². The molecule has 0 bridgehead atoms. The van der Waals surface area contributed by atoms with E-state index in [0.29, 0.717) is 24.9 Å². The molecule has 2 unspecified atom stereocenters. The lowest BCUT2D eigenvalue weighted by Crippen LogP contribution is -2.53. The molecule has 0 aliphatic carbocycles. The van der Waals surface area contributed by atoms with Crippen LogP contribution in [0, 0.1) is 12.8 Å². The molecule has 9 heteroatoms. The van der Waals surface area contributed by atoms with Gasteiger partial charge >= 0.3 is 12.1 Å². The molecule has 0 aliphatic rings. The number of carbonyl (C=O) groups is 4. The van der Waals surface area contributed by atoms with Crippen molar-refractivity contribution < 1.29 is 28.7 Å². The molecule has 214 valence electrons. The zero-order valence-corrected chi connectivity index (χ0v) is 24.4. The number of benzene rings is 1. The van der Waals surface area contributed by atoms with Crippen LogP contribution in [-0.2, 0) is 23.9 Å². The highest BCUT2D eigenvalue weighted by Gasteiger charge is 2.36. The van der Waals surface area contributed by atoms with Crippen molar-refractivity contribution in [3.63, 3.8) is 0 Å². The topological polar surface area (TPSA) is 114 Å². The number of nitrogens with zero attached hydrogens (tertiary/aromatic N) is 1. The van der Waals surface area contributed by atoms with Gasteiger partial charge in [0.1, 0.15) is 17.7 Å². The molecule has 0 heterocycles. The molecule has 1 aromatic rings. The van der Waals surface area contributed by atoms with Crippen LogP contribution < -0.4 is 10.6 Å². The maximum atomic E-state index is 14.1. The molecule has 0 saturated carbocycles. The molecule has 0 fully saturated rings. The lowest BCUT2D eigenvalue weighted by Gasteiger charge is -2.35. The summed E-state index contributed by atoms with van der Waals surface area (Å²) in [4.78, 5) is 53.7. The third-order valence-corrected chi connectivity index (χ3v) is 5.71.